The van der Waals surface area contributed by atoms with Crippen LogP contribution in [0.2, 0.25) is 0 Å². The molecule has 0 fully saturated rings. The fraction of sp³-hybridized carbons (Fsp3) is 0.429. The minimum absolute atomic E-state index is 0.0270. The molecule has 0 bridgehead atoms. The van der Waals surface area contributed by atoms with E-state index in [1.54, 1.807) is 0 Å². The van der Waals surface area contributed by atoms with Gasteiger partial charge in [0.15, 0.2) is 0 Å². The summed E-state index contributed by atoms with van der Waals surface area (Å²) in [6.45, 7) is 0. The Hall–Kier alpha value is -1.08. The van der Waals surface area contributed by atoms with Crippen molar-refractivity contribution in [3.63, 3.8) is 0 Å². The Morgan fingerprint density at radius 1 is 1.57 bits per heavy atom. The first kappa shape index (κ1) is 11.0. The molecular formula is C7H10BrN3O3. The van der Waals surface area contributed by atoms with Crippen LogP contribution in [0.1, 0.15) is 24.6 Å². The van der Waals surface area contributed by atoms with Crippen molar-refractivity contribution in [1.82, 2.24) is 9.97 Å². The van der Waals surface area contributed by atoms with E-state index in [2.05, 4.69) is 25.9 Å². The Kier molecular flexibility index (Phi) is 3.48. The molecule has 0 aromatic carbocycles. The standard InChI is InChI=1S/C7H10BrN3O3/c8-6-5(10-7(14)11-6)3(9)1-2-4(12)13/h3H,1-2,9H2,(H,12,13)(H2,10,11,14). The van der Waals surface area contributed by atoms with Crippen LogP contribution in [0.5, 0.6) is 0 Å². The number of carboxylic acid groups (broad SMARTS) is 1. The Morgan fingerprint density at radius 3 is 2.64 bits per heavy atom. The van der Waals surface area contributed by atoms with Crippen LogP contribution in [0.3, 0.4) is 0 Å². The molecule has 0 aliphatic rings. The molecule has 0 aliphatic heterocycles. The summed E-state index contributed by atoms with van der Waals surface area (Å²) in [5, 5.41) is 8.44. The lowest BCUT2D eigenvalue weighted by Crippen LogP contribution is -2.14. The summed E-state index contributed by atoms with van der Waals surface area (Å²) < 4.78 is 0.473. The van der Waals surface area contributed by atoms with E-state index in [0.717, 1.165) is 0 Å². The minimum atomic E-state index is -0.908. The monoisotopic (exact) mass is 263 g/mol. The molecule has 1 unspecified atom stereocenters. The van der Waals surface area contributed by atoms with E-state index in [0.29, 0.717) is 10.3 Å². The van der Waals surface area contributed by atoms with E-state index >= 15 is 0 Å². The molecule has 14 heavy (non-hydrogen) atoms. The molecule has 0 saturated heterocycles. The lowest BCUT2D eigenvalue weighted by atomic mass is 10.1. The van der Waals surface area contributed by atoms with E-state index in [1.807, 2.05) is 0 Å². The van der Waals surface area contributed by atoms with Gasteiger partial charge >= 0.3 is 11.7 Å². The zero-order valence-electron chi connectivity index (χ0n) is 7.21. The van der Waals surface area contributed by atoms with Crippen LogP contribution in [0.4, 0.5) is 0 Å². The van der Waals surface area contributed by atoms with Gasteiger partial charge in [-0.1, -0.05) is 0 Å². The van der Waals surface area contributed by atoms with Crippen LogP contribution in [-0.4, -0.2) is 21.0 Å². The fourth-order valence-corrected chi connectivity index (χ4v) is 1.63. The van der Waals surface area contributed by atoms with Gasteiger partial charge in [-0.2, -0.15) is 0 Å². The van der Waals surface area contributed by atoms with Gasteiger partial charge in [-0.25, -0.2) is 4.79 Å². The molecule has 78 valence electrons. The number of imidazole rings is 1. The maximum atomic E-state index is 10.8. The van der Waals surface area contributed by atoms with Crippen LogP contribution in [0, 0.1) is 0 Å². The second kappa shape index (κ2) is 4.43. The van der Waals surface area contributed by atoms with Gasteiger partial charge in [-0.3, -0.25) is 4.79 Å². The highest BCUT2D eigenvalue weighted by molar-refractivity contribution is 9.10. The summed E-state index contributed by atoms with van der Waals surface area (Å²) in [7, 11) is 0. The first-order valence-electron chi connectivity index (χ1n) is 3.95. The molecule has 1 heterocycles. The number of aromatic amines is 2. The summed E-state index contributed by atoms with van der Waals surface area (Å²) >= 11 is 3.11. The molecule has 6 nitrogen and oxygen atoms in total. The maximum absolute atomic E-state index is 10.8. The molecule has 0 radical (unpaired) electrons. The predicted octanol–water partition coefficient (Wildman–Crippen LogP) is 0.330. The molecule has 0 aliphatic carbocycles. The second-order valence-corrected chi connectivity index (χ2v) is 3.64. The number of nitrogens with two attached hydrogens (primary N) is 1. The second-order valence-electron chi connectivity index (χ2n) is 2.85. The van der Waals surface area contributed by atoms with Gasteiger partial charge in [0.2, 0.25) is 0 Å². The average Bonchev–Trinajstić information content (AvgIpc) is 2.41. The number of carbonyl (C=O) groups is 1. The number of rotatable bonds is 4. The number of H-pyrrole nitrogens is 2. The Balaban J connectivity index is 2.69. The number of hydrogen-bond donors (Lipinski definition) is 4. The smallest absolute Gasteiger partial charge is 0.324 e. The highest BCUT2D eigenvalue weighted by atomic mass is 79.9. The third-order valence-corrected chi connectivity index (χ3v) is 2.37. The lowest BCUT2D eigenvalue weighted by Gasteiger charge is -2.07. The first-order chi connectivity index (χ1) is 6.50. The van der Waals surface area contributed by atoms with Crippen molar-refractivity contribution < 1.29 is 9.90 Å². The molecule has 5 N–H and O–H groups in total. The first-order valence-corrected chi connectivity index (χ1v) is 4.75. The van der Waals surface area contributed by atoms with Gasteiger partial charge < -0.3 is 20.8 Å². The molecule has 0 spiro atoms. The topological polar surface area (TPSA) is 112 Å². The molecule has 1 rings (SSSR count). The molecule has 0 amide bonds. The highest BCUT2D eigenvalue weighted by Crippen LogP contribution is 2.19. The van der Waals surface area contributed by atoms with Crippen molar-refractivity contribution in [3.8, 4) is 0 Å². The van der Waals surface area contributed by atoms with Crippen molar-refractivity contribution in [2.24, 2.45) is 5.73 Å². The molecule has 1 aromatic rings. The third-order valence-electron chi connectivity index (χ3n) is 1.75. The number of nitrogens with one attached hydrogen (secondary N) is 2. The van der Waals surface area contributed by atoms with Gasteiger partial charge in [0.1, 0.15) is 4.60 Å². The van der Waals surface area contributed by atoms with Crippen LogP contribution in [-0.2, 0) is 4.79 Å². The van der Waals surface area contributed by atoms with Crippen molar-refractivity contribution in [2.45, 2.75) is 18.9 Å². The van der Waals surface area contributed by atoms with E-state index in [-0.39, 0.29) is 18.5 Å². The van der Waals surface area contributed by atoms with Crippen molar-refractivity contribution >= 4 is 21.9 Å². The number of halogens is 1. The van der Waals surface area contributed by atoms with Crippen LogP contribution < -0.4 is 11.4 Å². The Labute approximate surface area is 87.6 Å². The summed E-state index contributed by atoms with van der Waals surface area (Å²) in [6.07, 6.45) is 0.253. The summed E-state index contributed by atoms with van der Waals surface area (Å²) in [5.74, 6) is -0.908. The lowest BCUT2D eigenvalue weighted by molar-refractivity contribution is -0.137. The van der Waals surface area contributed by atoms with Crippen molar-refractivity contribution in [3.05, 3.63) is 20.8 Å². The summed E-state index contributed by atoms with van der Waals surface area (Å²) in [6, 6.07) is -0.487. The van der Waals surface area contributed by atoms with Gasteiger partial charge in [-0.05, 0) is 22.4 Å². The molecule has 1 atom stereocenters. The van der Waals surface area contributed by atoms with Crippen LogP contribution >= 0.6 is 15.9 Å². The van der Waals surface area contributed by atoms with Crippen molar-refractivity contribution in [2.75, 3.05) is 0 Å². The fourth-order valence-electron chi connectivity index (χ4n) is 1.05. The third kappa shape index (κ3) is 2.71. The van der Waals surface area contributed by atoms with Crippen LogP contribution in [0.25, 0.3) is 0 Å². The van der Waals surface area contributed by atoms with Gasteiger partial charge in [0.25, 0.3) is 0 Å². The zero-order valence-corrected chi connectivity index (χ0v) is 8.80. The quantitative estimate of drug-likeness (QED) is 0.627. The van der Waals surface area contributed by atoms with Crippen molar-refractivity contribution in [1.29, 1.82) is 0 Å². The van der Waals surface area contributed by atoms with E-state index < -0.39 is 12.0 Å². The number of aromatic nitrogens is 2. The SMILES string of the molecule is NC(CCC(=O)O)c1[nH]c(=O)[nH]c1Br. The number of aliphatic carboxylic acids is 1. The largest absolute Gasteiger partial charge is 0.481 e. The highest BCUT2D eigenvalue weighted by Gasteiger charge is 2.14. The summed E-state index contributed by atoms with van der Waals surface area (Å²) in [4.78, 5) is 26.1. The van der Waals surface area contributed by atoms with Gasteiger partial charge in [0.05, 0.1) is 5.69 Å². The number of carboxylic acids is 1. The average molecular weight is 264 g/mol. The molecule has 1 aromatic heterocycles. The Bertz CT molecular complexity index is 384. The zero-order chi connectivity index (χ0) is 10.7. The summed E-state index contributed by atoms with van der Waals surface area (Å²) in [5.41, 5.74) is 5.81. The van der Waals surface area contributed by atoms with Crippen LogP contribution in [0.15, 0.2) is 9.40 Å². The van der Waals surface area contributed by atoms with E-state index in [1.165, 1.54) is 0 Å². The van der Waals surface area contributed by atoms with Gasteiger partial charge in [-0.15, -0.1) is 0 Å². The molecular weight excluding hydrogens is 254 g/mol. The normalized spacial score (nSPS) is 12.7. The van der Waals surface area contributed by atoms with E-state index in [9.17, 15) is 9.59 Å². The van der Waals surface area contributed by atoms with E-state index in [4.69, 9.17) is 10.8 Å². The minimum Gasteiger partial charge on any atom is -0.481 e. The van der Waals surface area contributed by atoms with Gasteiger partial charge in [0, 0.05) is 12.5 Å². The Morgan fingerprint density at radius 2 is 2.21 bits per heavy atom. The number of hydrogen-bond acceptors (Lipinski definition) is 3. The predicted molar refractivity (Wildman–Crippen MR) is 52.9 cm³/mol. The maximum Gasteiger partial charge on any atom is 0.324 e. The molecule has 0 saturated carbocycles. The molecule has 7 heteroatoms.